The van der Waals surface area contributed by atoms with E-state index in [1.807, 2.05) is 0 Å². The molecule has 0 nitrogen and oxygen atoms in total. The van der Waals surface area contributed by atoms with Gasteiger partial charge in [0.2, 0.25) is 0 Å². The first-order valence-electron chi connectivity index (χ1n) is 7.03. The lowest BCUT2D eigenvalue weighted by atomic mass is 9.86. The summed E-state index contributed by atoms with van der Waals surface area (Å²) in [4.78, 5) is 0. The highest BCUT2D eigenvalue weighted by Gasteiger charge is 2.13. The number of fused-ring (bicyclic) bond motifs is 1. The lowest BCUT2D eigenvalue weighted by Crippen LogP contribution is -2.00. The third-order valence-corrected chi connectivity index (χ3v) is 4.61. The van der Waals surface area contributed by atoms with Crippen LogP contribution in [0.4, 0.5) is 0 Å². The van der Waals surface area contributed by atoms with Gasteiger partial charge < -0.3 is 0 Å². The molecule has 0 heteroatoms. The molecule has 0 unspecified atom stereocenters. The minimum atomic E-state index is 1.13. The Hall–Kier alpha value is -1.30. The van der Waals surface area contributed by atoms with Crippen LogP contribution in [0.15, 0.2) is 12.1 Å². The van der Waals surface area contributed by atoms with Crippen molar-refractivity contribution in [2.45, 2.75) is 54.4 Å². The molecule has 2 rings (SSSR count). The van der Waals surface area contributed by atoms with Crippen LogP contribution in [0.5, 0.6) is 0 Å². The number of rotatable bonds is 2. The molecule has 0 heterocycles. The Bertz CT molecular complexity index is 603. The Morgan fingerprint density at radius 2 is 1.33 bits per heavy atom. The Balaban J connectivity index is 3.01. The summed E-state index contributed by atoms with van der Waals surface area (Å²) < 4.78 is 0. The second-order valence-corrected chi connectivity index (χ2v) is 5.33. The van der Waals surface area contributed by atoms with E-state index in [0.717, 1.165) is 12.8 Å². The standard InChI is InChI=1S/C18H24/c1-7-15-9-10-17-13(5)11(3)12(4)14(6)18(17)16(15)8-2/h9-10H,7-8H2,1-6H3. The molecule has 18 heavy (non-hydrogen) atoms. The summed E-state index contributed by atoms with van der Waals surface area (Å²) in [6, 6.07) is 4.64. The molecule has 0 aromatic heterocycles. The molecule has 0 aliphatic rings. The van der Waals surface area contributed by atoms with Crippen LogP contribution in [-0.2, 0) is 12.8 Å². The average molecular weight is 240 g/mol. The largest absolute Gasteiger partial charge is 0.0613 e. The minimum absolute atomic E-state index is 1.13. The average Bonchev–Trinajstić information content (AvgIpc) is 2.40. The van der Waals surface area contributed by atoms with Crippen molar-refractivity contribution in [1.82, 2.24) is 0 Å². The third kappa shape index (κ3) is 1.75. The second-order valence-electron chi connectivity index (χ2n) is 5.33. The van der Waals surface area contributed by atoms with Gasteiger partial charge in [0.05, 0.1) is 0 Å². The van der Waals surface area contributed by atoms with E-state index >= 15 is 0 Å². The first-order valence-corrected chi connectivity index (χ1v) is 7.03. The molecule has 0 aliphatic carbocycles. The topological polar surface area (TPSA) is 0 Å². The van der Waals surface area contributed by atoms with Gasteiger partial charge in [-0.25, -0.2) is 0 Å². The molecule has 96 valence electrons. The van der Waals surface area contributed by atoms with E-state index in [2.05, 4.69) is 53.7 Å². The van der Waals surface area contributed by atoms with Gasteiger partial charge in [-0.1, -0.05) is 26.0 Å². The third-order valence-electron chi connectivity index (χ3n) is 4.61. The van der Waals surface area contributed by atoms with Gasteiger partial charge in [0.1, 0.15) is 0 Å². The van der Waals surface area contributed by atoms with Gasteiger partial charge in [-0.05, 0) is 84.7 Å². The quantitative estimate of drug-likeness (QED) is 0.677. The first-order chi connectivity index (χ1) is 8.52. The number of hydrogen-bond donors (Lipinski definition) is 0. The van der Waals surface area contributed by atoms with Crippen LogP contribution in [0.3, 0.4) is 0 Å². The summed E-state index contributed by atoms with van der Waals surface area (Å²) in [5, 5.41) is 2.96. The Morgan fingerprint density at radius 3 is 1.89 bits per heavy atom. The van der Waals surface area contributed by atoms with Crippen molar-refractivity contribution in [3.63, 3.8) is 0 Å². The van der Waals surface area contributed by atoms with Gasteiger partial charge in [-0.15, -0.1) is 0 Å². The Morgan fingerprint density at radius 1 is 0.722 bits per heavy atom. The number of aryl methyl sites for hydroxylation is 4. The lowest BCUT2D eigenvalue weighted by molar-refractivity contribution is 1.05. The van der Waals surface area contributed by atoms with Crippen molar-refractivity contribution >= 4 is 10.8 Å². The van der Waals surface area contributed by atoms with Crippen LogP contribution < -0.4 is 0 Å². The van der Waals surface area contributed by atoms with Crippen molar-refractivity contribution in [1.29, 1.82) is 0 Å². The summed E-state index contributed by atoms with van der Waals surface area (Å²) >= 11 is 0. The molecule has 0 saturated carbocycles. The van der Waals surface area contributed by atoms with Gasteiger partial charge >= 0.3 is 0 Å². The molecule has 0 radical (unpaired) electrons. The molecule has 0 saturated heterocycles. The van der Waals surface area contributed by atoms with E-state index in [1.165, 1.54) is 38.6 Å². The first kappa shape index (κ1) is 13.1. The molecular formula is C18H24. The maximum absolute atomic E-state index is 2.32. The normalized spacial score (nSPS) is 11.2. The zero-order valence-corrected chi connectivity index (χ0v) is 12.6. The van der Waals surface area contributed by atoms with Gasteiger partial charge in [0.25, 0.3) is 0 Å². The van der Waals surface area contributed by atoms with Crippen LogP contribution in [0.2, 0.25) is 0 Å². The molecule has 2 aromatic rings. The highest BCUT2D eigenvalue weighted by atomic mass is 14.2. The summed E-state index contributed by atoms with van der Waals surface area (Å²) in [6.07, 6.45) is 2.26. The van der Waals surface area contributed by atoms with E-state index < -0.39 is 0 Å². The zero-order chi connectivity index (χ0) is 13.4. The molecule has 2 aromatic carbocycles. The predicted molar refractivity (Wildman–Crippen MR) is 81.7 cm³/mol. The summed E-state index contributed by atoms with van der Waals surface area (Å²) in [5.74, 6) is 0. The van der Waals surface area contributed by atoms with E-state index in [-0.39, 0.29) is 0 Å². The fraction of sp³-hybridized carbons (Fsp3) is 0.444. The Labute approximate surface area is 111 Å². The molecule has 0 spiro atoms. The highest BCUT2D eigenvalue weighted by Crippen LogP contribution is 2.33. The van der Waals surface area contributed by atoms with Crippen LogP contribution >= 0.6 is 0 Å². The molecule has 0 aliphatic heterocycles. The van der Waals surface area contributed by atoms with Crippen molar-refractivity contribution in [2.24, 2.45) is 0 Å². The van der Waals surface area contributed by atoms with Crippen LogP contribution in [0, 0.1) is 27.7 Å². The molecule has 0 fully saturated rings. The van der Waals surface area contributed by atoms with Crippen molar-refractivity contribution in [3.8, 4) is 0 Å². The molecular weight excluding hydrogens is 216 g/mol. The SMILES string of the molecule is CCc1ccc2c(C)c(C)c(C)c(C)c2c1CC. The van der Waals surface area contributed by atoms with E-state index in [4.69, 9.17) is 0 Å². The van der Waals surface area contributed by atoms with Crippen molar-refractivity contribution in [2.75, 3.05) is 0 Å². The van der Waals surface area contributed by atoms with E-state index in [1.54, 1.807) is 5.56 Å². The number of hydrogen-bond acceptors (Lipinski definition) is 0. The smallest absolute Gasteiger partial charge is 0.0114 e. The monoisotopic (exact) mass is 240 g/mol. The predicted octanol–water partition coefficient (Wildman–Crippen LogP) is 5.20. The van der Waals surface area contributed by atoms with Gasteiger partial charge in [0.15, 0.2) is 0 Å². The van der Waals surface area contributed by atoms with Crippen LogP contribution in [0.25, 0.3) is 10.8 Å². The van der Waals surface area contributed by atoms with Gasteiger partial charge in [0, 0.05) is 0 Å². The summed E-state index contributed by atoms with van der Waals surface area (Å²) in [6.45, 7) is 13.6. The minimum Gasteiger partial charge on any atom is -0.0613 e. The summed E-state index contributed by atoms with van der Waals surface area (Å²) in [7, 11) is 0. The van der Waals surface area contributed by atoms with Crippen molar-refractivity contribution < 1.29 is 0 Å². The van der Waals surface area contributed by atoms with Crippen LogP contribution in [0.1, 0.15) is 47.2 Å². The molecule has 0 N–H and O–H groups in total. The second kappa shape index (κ2) is 4.76. The Kier molecular flexibility index (Phi) is 3.47. The van der Waals surface area contributed by atoms with E-state index in [0.29, 0.717) is 0 Å². The van der Waals surface area contributed by atoms with E-state index in [9.17, 15) is 0 Å². The summed E-state index contributed by atoms with van der Waals surface area (Å²) in [5.41, 5.74) is 8.90. The van der Waals surface area contributed by atoms with Crippen molar-refractivity contribution in [3.05, 3.63) is 45.5 Å². The maximum Gasteiger partial charge on any atom is -0.0114 e. The molecule has 0 atom stereocenters. The van der Waals surface area contributed by atoms with Gasteiger partial charge in [-0.3, -0.25) is 0 Å². The fourth-order valence-electron chi connectivity index (χ4n) is 3.12. The zero-order valence-electron chi connectivity index (χ0n) is 12.6. The highest BCUT2D eigenvalue weighted by molar-refractivity contribution is 5.94. The maximum atomic E-state index is 2.32. The molecule has 0 bridgehead atoms. The van der Waals surface area contributed by atoms with Crippen LogP contribution in [-0.4, -0.2) is 0 Å². The van der Waals surface area contributed by atoms with Gasteiger partial charge in [-0.2, -0.15) is 0 Å². The molecule has 0 amide bonds. The lowest BCUT2D eigenvalue weighted by Gasteiger charge is -2.19. The number of benzene rings is 2. The fourth-order valence-corrected chi connectivity index (χ4v) is 3.12.